The summed E-state index contributed by atoms with van der Waals surface area (Å²) in [6.07, 6.45) is 1.73. The van der Waals surface area contributed by atoms with Crippen LogP contribution in [0.4, 0.5) is 5.82 Å². The molecule has 0 amide bonds. The first kappa shape index (κ1) is 11.1. The van der Waals surface area contributed by atoms with Crippen molar-refractivity contribution < 1.29 is 0 Å². The van der Waals surface area contributed by atoms with Crippen LogP contribution in [0.2, 0.25) is 5.28 Å². The van der Waals surface area contributed by atoms with Gasteiger partial charge in [-0.1, -0.05) is 13.8 Å². The fraction of sp³-hybridized carbons (Fsp3) is 0.500. The summed E-state index contributed by atoms with van der Waals surface area (Å²) in [6.45, 7) is 6.39. The third-order valence-electron chi connectivity index (χ3n) is 2.82. The molecule has 2 heterocycles. The Balaban J connectivity index is 2.64. The van der Waals surface area contributed by atoms with Crippen LogP contribution >= 0.6 is 11.6 Å². The molecule has 1 unspecified atom stereocenters. The van der Waals surface area contributed by atoms with Crippen molar-refractivity contribution in [1.29, 1.82) is 0 Å². The molecule has 0 saturated carbocycles. The molecule has 1 atom stereocenters. The van der Waals surface area contributed by atoms with Crippen molar-refractivity contribution in [1.82, 2.24) is 19.5 Å². The maximum Gasteiger partial charge on any atom is 0.226 e. The molecule has 0 aliphatic rings. The summed E-state index contributed by atoms with van der Waals surface area (Å²) >= 11 is 5.79. The predicted octanol–water partition coefficient (Wildman–Crippen LogP) is 2.28. The van der Waals surface area contributed by atoms with E-state index in [2.05, 4.69) is 35.7 Å². The molecule has 0 fully saturated rings. The van der Waals surface area contributed by atoms with E-state index >= 15 is 0 Å². The van der Waals surface area contributed by atoms with E-state index in [0.717, 1.165) is 0 Å². The molecule has 0 aliphatic heterocycles. The van der Waals surface area contributed by atoms with E-state index in [4.69, 9.17) is 17.3 Å². The van der Waals surface area contributed by atoms with Gasteiger partial charge in [-0.05, 0) is 24.4 Å². The zero-order valence-corrected chi connectivity index (χ0v) is 10.2. The molecule has 0 aromatic carbocycles. The summed E-state index contributed by atoms with van der Waals surface area (Å²) in [6, 6.07) is 0.287. The van der Waals surface area contributed by atoms with Crippen LogP contribution in [-0.2, 0) is 0 Å². The average molecular weight is 240 g/mol. The van der Waals surface area contributed by atoms with Crippen LogP contribution in [0.1, 0.15) is 26.8 Å². The summed E-state index contributed by atoms with van der Waals surface area (Å²) in [5.74, 6) is 0.803. The lowest BCUT2D eigenvalue weighted by Crippen LogP contribution is -2.11. The van der Waals surface area contributed by atoms with Gasteiger partial charge >= 0.3 is 0 Å². The van der Waals surface area contributed by atoms with Crippen molar-refractivity contribution in [3.05, 3.63) is 11.6 Å². The molecule has 16 heavy (non-hydrogen) atoms. The third-order valence-corrected chi connectivity index (χ3v) is 2.99. The van der Waals surface area contributed by atoms with E-state index < -0.39 is 0 Å². The average Bonchev–Trinajstić information content (AvgIpc) is 2.60. The first-order valence-electron chi connectivity index (χ1n) is 5.16. The summed E-state index contributed by atoms with van der Waals surface area (Å²) in [7, 11) is 0. The predicted molar refractivity (Wildman–Crippen MR) is 64.3 cm³/mol. The summed E-state index contributed by atoms with van der Waals surface area (Å²) in [5.41, 5.74) is 7.04. The van der Waals surface area contributed by atoms with Gasteiger partial charge in [-0.3, -0.25) is 0 Å². The van der Waals surface area contributed by atoms with Crippen LogP contribution in [0.15, 0.2) is 6.33 Å². The molecule has 86 valence electrons. The van der Waals surface area contributed by atoms with E-state index in [9.17, 15) is 0 Å². The van der Waals surface area contributed by atoms with Crippen molar-refractivity contribution in [2.75, 3.05) is 5.73 Å². The Labute approximate surface area is 98.7 Å². The maximum absolute atomic E-state index is 5.79. The van der Waals surface area contributed by atoms with E-state index in [1.807, 2.05) is 4.57 Å². The number of anilines is 1. The zero-order valence-electron chi connectivity index (χ0n) is 9.48. The van der Waals surface area contributed by atoms with Crippen molar-refractivity contribution in [2.24, 2.45) is 5.92 Å². The molecule has 5 nitrogen and oxygen atoms in total. The number of aromatic nitrogens is 4. The highest BCUT2D eigenvalue weighted by molar-refractivity contribution is 6.28. The molecule has 0 bridgehead atoms. The number of halogens is 1. The number of imidazole rings is 1. The van der Waals surface area contributed by atoms with E-state index in [1.54, 1.807) is 6.33 Å². The van der Waals surface area contributed by atoms with Gasteiger partial charge in [0.05, 0.1) is 6.33 Å². The molecule has 2 N–H and O–H groups in total. The molecule has 6 heteroatoms. The third kappa shape index (κ3) is 1.71. The number of nitrogens with two attached hydrogens (primary N) is 1. The second-order valence-corrected chi connectivity index (χ2v) is 4.52. The van der Waals surface area contributed by atoms with Gasteiger partial charge in [-0.2, -0.15) is 9.97 Å². The Kier molecular flexibility index (Phi) is 2.71. The lowest BCUT2D eigenvalue weighted by atomic mass is 10.1. The highest BCUT2D eigenvalue weighted by atomic mass is 35.5. The Hall–Kier alpha value is -1.36. The summed E-state index contributed by atoms with van der Waals surface area (Å²) < 4.78 is 1.98. The minimum absolute atomic E-state index is 0.155. The molecular weight excluding hydrogens is 226 g/mol. The van der Waals surface area contributed by atoms with Gasteiger partial charge in [0.15, 0.2) is 11.5 Å². The van der Waals surface area contributed by atoms with Crippen LogP contribution < -0.4 is 5.73 Å². The second kappa shape index (κ2) is 3.90. The second-order valence-electron chi connectivity index (χ2n) is 4.19. The smallest absolute Gasteiger partial charge is 0.226 e. The lowest BCUT2D eigenvalue weighted by molar-refractivity contribution is 0.415. The molecule has 0 spiro atoms. The highest BCUT2D eigenvalue weighted by Gasteiger charge is 2.16. The van der Waals surface area contributed by atoms with Crippen LogP contribution in [0.3, 0.4) is 0 Å². The van der Waals surface area contributed by atoms with E-state index in [-0.39, 0.29) is 11.3 Å². The van der Waals surface area contributed by atoms with Crippen molar-refractivity contribution in [2.45, 2.75) is 26.8 Å². The van der Waals surface area contributed by atoms with E-state index in [1.165, 1.54) is 0 Å². The summed E-state index contributed by atoms with van der Waals surface area (Å²) in [4.78, 5) is 12.3. The molecule has 2 aromatic heterocycles. The Bertz CT molecular complexity index is 519. The highest BCUT2D eigenvalue weighted by Crippen LogP contribution is 2.24. The molecule has 0 saturated heterocycles. The van der Waals surface area contributed by atoms with Gasteiger partial charge in [-0.15, -0.1) is 0 Å². The molecular formula is C10H14ClN5. The van der Waals surface area contributed by atoms with Crippen molar-refractivity contribution in [3.8, 4) is 0 Å². The SMILES string of the molecule is CC(C)C(C)n1cnc2c(N)nc(Cl)nc21. The quantitative estimate of drug-likeness (QED) is 0.817. The lowest BCUT2D eigenvalue weighted by Gasteiger charge is -2.17. The van der Waals surface area contributed by atoms with Gasteiger partial charge in [0.2, 0.25) is 5.28 Å². The fourth-order valence-electron chi connectivity index (χ4n) is 1.53. The number of nitrogens with zero attached hydrogens (tertiary/aromatic N) is 4. The Morgan fingerprint density at radius 1 is 1.31 bits per heavy atom. The van der Waals surface area contributed by atoms with Crippen LogP contribution in [0, 0.1) is 5.92 Å². The van der Waals surface area contributed by atoms with Gasteiger partial charge in [0.25, 0.3) is 0 Å². The van der Waals surface area contributed by atoms with Crippen molar-refractivity contribution in [3.63, 3.8) is 0 Å². The first-order valence-corrected chi connectivity index (χ1v) is 5.54. The largest absolute Gasteiger partial charge is 0.382 e. The molecule has 2 rings (SSSR count). The Morgan fingerprint density at radius 2 is 2.00 bits per heavy atom. The number of nitrogen functional groups attached to an aromatic ring is 1. The van der Waals surface area contributed by atoms with Crippen LogP contribution in [0.5, 0.6) is 0 Å². The van der Waals surface area contributed by atoms with Gasteiger partial charge < -0.3 is 10.3 Å². The zero-order chi connectivity index (χ0) is 11.9. The van der Waals surface area contributed by atoms with E-state index in [0.29, 0.717) is 22.9 Å². The van der Waals surface area contributed by atoms with Gasteiger partial charge in [0.1, 0.15) is 5.52 Å². The topological polar surface area (TPSA) is 69.6 Å². The molecule has 0 radical (unpaired) electrons. The fourth-order valence-corrected chi connectivity index (χ4v) is 1.70. The van der Waals surface area contributed by atoms with Gasteiger partial charge in [-0.25, -0.2) is 4.98 Å². The molecule has 2 aromatic rings. The maximum atomic E-state index is 5.79. The number of hydrogen-bond donors (Lipinski definition) is 1. The number of rotatable bonds is 2. The first-order chi connectivity index (χ1) is 7.50. The standard InChI is InChI=1S/C10H14ClN5/c1-5(2)6(3)16-4-13-7-8(12)14-10(11)15-9(7)16/h4-6H,1-3H3,(H2,12,14,15). The van der Waals surface area contributed by atoms with Gasteiger partial charge in [0, 0.05) is 6.04 Å². The molecule has 0 aliphatic carbocycles. The summed E-state index contributed by atoms with van der Waals surface area (Å²) in [5, 5.41) is 0.155. The van der Waals surface area contributed by atoms with Crippen LogP contribution in [0.25, 0.3) is 11.2 Å². The van der Waals surface area contributed by atoms with Crippen molar-refractivity contribution >= 4 is 28.6 Å². The monoisotopic (exact) mass is 239 g/mol. The number of fused-ring (bicyclic) bond motifs is 1. The Morgan fingerprint density at radius 3 is 2.62 bits per heavy atom. The normalized spacial score (nSPS) is 13.6. The minimum Gasteiger partial charge on any atom is -0.382 e. The number of hydrogen-bond acceptors (Lipinski definition) is 4. The van der Waals surface area contributed by atoms with Crippen LogP contribution in [-0.4, -0.2) is 19.5 Å². The minimum atomic E-state index is 0.155.